The first-order valence-electron chi connectivity index (χ1n) is 13.0. The summed E-state index contributed by atoms with van der Waals surface area (Å²) in [5.74, 6) is 7.70. The van der Waals surface area contributed by atoms with Gasteiger partial charge in [0, 0.05) is 31.5 Å². The van der Waals surface area contributed by atoms with E-state index in [1.165, 1.54) is 0 Å². The quantitative estimate of drug-likeness (QED) is 0.325. The van der Waals surface area contributed by atoms with Crippen LogP contribution >= 0.6 is 0 Å². The Morgan fingerprint density at radius 2 is 2.03 bits per heavy atom. The van der Waals surface area contributed by atoms with Crippen molar-refractivity contribution in [2.45, 2.75) is 31.7 Å². The molecule has 2 aromatic rings. The first kappa shape index (κ1) is 26.4. The number of hydrogen-bond acceptors (Lipinski definition) is 7. The summed E-state index contributed by atoms with van der Waals surface area (Å²) in [6.07, 6.45) is 13.8. The first-order valence-corrected chi connectivity index (χ1v) is 13.0. The van der Waals surface area contributed by atoms with Crippen LogP contribution in [0, 0.1) is 0 Å². The molecule has 1 saturated heterocycles. The summed E-state index contributed by atoms with van der Waals surface area (Å²) in [5, 5.41) is 2.79. The number of carbonyl (C=O) groups is 2. The normalized spacial score (nSPS) is 22.6. The number of pyridine rings is 1. The number of likely N-dealkylation sites (tertiary alicyclic amines) is 1. The van der Waals surface area contributed by atoms with Crippen LogP contribution in [0.15, 0.2) is 94.6 Å². The molecule has 0 bridgehead atoms. The summed E-state index contributed by atoms with van der Waals surface area (Å²) in [6.45, 7) is 1.01. The van der Waals surface area contributed by atoms with Crippen LogP contribution in [0.4, 0.5) is 5.82 Å². The number of aromatic nitrogens is 1. The van der Waals surface area contributed by atoms with Crippen LogP contribution in [-0.2, 0) is 9.53 Å². The number of nitrogens with zero attached hydrogens (tertiary/aromatic N) is 5. The van der Waals surface area contributed by atoms with E-state index in [4.69, 9.17) is 15.6 Å². The minimum absolute atomic E-state index is 0.0719. The average Bonchev–Trinajstić information content (AvgIpc) is 3.08. The molecule has 5 rings (SSSR count). The Labute approximate surface area is 227 Å². The Balaban J connectivity index is 1.45. The summed E-state index contributed by atoms with van der Waals surface area (Å²) in [5.41, 5.74) is 2.73. The number of rotatable bonds is 7. The molecule has 1 aromatic heterocycles. The van der Waals surface area contributed by atoms with Crippen molar-refractivity contribution in [1.29, 1.82) is 0 Å². The van der Waals surface area contributed by atoms with Gasteiger partial charge < -0.3 is 15.0 Å². The number of hydrogen-bond donors (Lipinski definition) is 2. The number of aliphatic imine (C=N–C) groups is 2. The predicted molar refractivity (Wildman–Crippen MR) is 149 cm³/mol. The molecule has 10 nitrogen and oxygen atoms in total. The second-order valence-corrected chi connectivity index (χ2v) is 9.56. The second kappa shape index (κ2) is 11.6. The molecule has 10 heteroatoms. The lowest BCUT2D eigenvalue weighted by Gasteiger charge is -2.30. The van der Waals surface area contributed by atoms with Gasteiger partial charge in [-0.15, -0.1) is 4.59 Å². The molecule has 0 aliphatic carbocycles. The fourth-order valence-corrected chi connectivity index (χ4v) is 5.04. The average molecular weight is 527 g/mol. The summed E-state index contributed by atoms with van der Waals surface area (Å²) in [7, 11) is 1.60. The van der Waals surface area contributed by atoms with E-state index < -0.39 is 0 Å². The molecular formula is C29H32N7O3+. The van der Waals surface area contributed by atoms with E-state index in [2.05, 4.69) is 15.3 Å². The minimum atomic E-state index is -0.260. The van der Waals surface area contributed by atoms with Crippen LogP contribution in [0.3, 0.4) is 0 Å². The molecule has 1 aromatic carbocycles. The Hall–Kier alpha value is -4.25. The maximum Gasteiger partial charge on any atom is 0.264 e. The van der Waals surface area contributed by atoms with E-state index in [0.29, 0.717) is 30.4 Å². The number of methoxy groups -OCH3 is 1. The Morgan fingerprint density at radius 3 is 2.79 bits per heavy atom. The Morgan fingerprint density at radius 1 is 1.18 bits per heavy atom. The number of nitrogens with two attached hydrogens (primary N) is 1. The number of amides is 2. The number of benzene rings is 1. The fourth-order valence-electron chi connectivity index (χ4n) is 5.04. The highest BCUT2D eigenvalue weighted by Crippen LogP contribution is 2.36. The molecule has 2 atom stereocenters. The summed E-state index contributed by atoms with van der Waals surface area (Å²) >= 11 is 0. The van der Waals surface area contributed by atoms with Crippen molar-refractivity contribution in [1.82, 2.24) is 9.88 Å². The van der Waals surface area contributed by atoms with E-state index in [9.17, 15) is 9.59 Å². The zero-order valence-corrected chi connectivity index (χ0v) is 21.9. The zero-order valence-electron chi connectivity index (χ0n) is 21.9. The van der Waals surface area contributed by atoms with Gasteiger partial charge in [-0.25, -0.2) is 4.98 Å². The van der Waals surface area contributed by atoms with Crippen molar-refractivity contribution in [2.24, 2.45) is 15.8 Å². The largest absolute Gasteiger partial charge is 0.381 e. The van der Waals surface area contributed by atoms with Crippen LogP contribution in [0.2, 0.25) is 0 Å². The molecule has 2 unspecified atom stereocenters. The minimum Gasteiger partial charge on any atom is -0.381 e. The van der Waals surface area contributed by atoms with Crippen molar-refractivity contribution in [2.75, 3.05) is 25.6 Å². The zero-order chi connectivity index (χ0) is 27.2. The van der Waals surface area contributed by atoms with Gasteiger partial charge in [0.05, 0.1) is 30.6 Å². The SMILES string of the molecule is COC/C=C/C(=O)N1CCCCCC1C1=C2C=NC=C[N+]2(N)C(c2ccc(C(=O)Nc3ccccn3)cc2)=N1. The van der Waals surface area contributed by atoms with Gasteiger partial charge in [0.1, 0.15) is 17.7 Å². The van der Waals surface area contributed by atoms with E-state index in [0.717, 1.165) is 42.6 Å². The van der Waals surface area contributed by atoms with Crippen molar-refractivity contribution >= 4 is 29.7 Å². The molecule has 0 radical (unpaired) electrons. The molecule has 3 N–H and O–H groups in total. The molecular weight excluding hydrogens is 494 g/mol. The van der Waals surface area contributed by atoms with Gasteiger partial charge in [-0.2, -0.15) is 10.8 Å². The molecule has 0 saturated carbocycles. The Kier molecular flexibility index (Phi) is 7.87. The van der Waals surface area contributed by atoms with Crippen molar-refractivity contribution in [3.8, 4) is 0 Å². The predicted octanol–water partition coefficient (Wildman–Crippen LogP) is 3.53. The number of carbonyl (C=O) groups excluding carboxylic acids is 2. The van der Waals surface area contributed by atoms with Gasteiger partial charge in [0.15, 0.2) is 0 Å². The third kappa shape index (κ3) is 5.49. The number of quaternary nitrogens is 1. The maximum atomic E-state index is 13.2. The van der Waals surface area contributed by atoms with E-state index >= 15 is 0 Å². The molecule has 39 heavy (non-hydrogen) atoms. The van der Waals surface area contributed by atoms with Crippen LogP contribution < -0.4 is 11.2 Å². The number of amidine groups is 1. The number of fused-ring (bicyclic) bond motifs is 1. The fraction of sp³-hybridized carbons (Fsp3) is 0.276. The molecule has 200 valence electrons. The molecule has 2 amide bonds. The van der Waals surface area contributed by atoms with E-state index in [-0.39, 0.29) is 22.4 Å². The highest BCUT2D eigenvalue weighted by molar-refractivity contribution is 6.05. The molecule has 0 spiro atoms. The van der Waals surface area contributed by atoms with Gasteiger partial charge in [0.2, 0.25) is 11.6 Å². The van der Waals surface area contributed by atoms with Crippen LogP contribution in [-0.4, -0.2) is 64.6 Å². The lowest BCUT2D eigenvalue weighted by atomic mass is 10.0. The van der Waals surface area contributed by atoms with Gasteiger partial charge in [-0.05, 0) is 49.2 Å². The monoisotopic (exact) mass is 526 g/mol. The lowest BCUT2D eigenvalue weighted by Crippen LogP contribution is -2.53. The third-order valence-corrected chi connectivity index (χ3v) is 7.01. The number of allylic oxidation sites excluding steroid dienone is 1. The summed E-state index contributed by atoms with van der Waals surface area (Å²) < 4.78 is 4.91. The van der Waals surface area contributed by atoms with Crippen LogP contribution in [0.25, 0.3) is 0 Å². The number of anilines is 1. The van der Waals surface area contributed by atoms with Crippen LogP contribution in [0.5, 0.6) is 0 Å². The first-order chi connectivity index (χ1) is 19.0. The van der Waals surface area contributed by atoms with E-state index in [1.807, 2.05) is 23.1 Å². The molecule has 3 aliphatic rings. The topological polar surface area (TPSA) is 122 Å². The van der Waals surface area contributed by atoms with Crippen LogP contribution in [0.1, 0.15) is 41.6 Å². The van der Waals surface area contributed by atoms with Gasteiger partial charge in [-0.3, -0.25) is 14.6 Å². The molecule has 1 fully saturated rings. The van der Waals surface area contributed by atoms with Crippen molar-refractivity contribution in [3.05, 3.63) is 95.7 Å². The highest BCUT2D eigenvalue weighted by Gasteiger charge is 2.47. The van der Waals surface area contributed by atoms with Gasteiger partial charge >= 0.3 is 0 Å². The highest BCUT2D eigenvalue weighted by atomic mass is 16.5. The molecule has 4 heterocycles. The van der Waals surface area contributed by atoms with Crippen molar-refractivity contribution < 1.29 is 18.9 Å². The second-order valence-electron chi connectivity index (χ2n) is 9.56. The van der Waals surface area contributed by atoms with Crippen molar-refractivity contribution in [3.63, 3.8) is 0 Å². The smallest absolute Gasteiger partial charge is 0.264 e. The van der Waals surface area contributed by atoms with Gasteiger partial charge in [-0.1, -0.05) is 25.0 Å². The summed E-state index contributed by atoms with van der Waals surface area (Å²) in [4.78, 5) is 41.4. The van der Waals surface area contributed by atoms with Gasteiger partial charge in [0.25, 0.3) is 11.7 Å². The standard InChI is InChI=1S/C29H31N7O3/c1-39-19-7-10-26(37)35-17-6-2-3-8-23(35)27-24-20-31-16-18-36(24,30)28(34-27)21-11-13-22(14-12-21)29(38)33-25-9-4-5-15-32-25/h4-5,7,9-16,18,20,23H,2-3,6,8,17,19,30H2,1H3/p+1/b10-7+. The van der Waals surface area contributed by atoms with E-state index in [1.54, 1.807) is 68.3 Å². The summed E-state index contributed by atoms with van der Waals surface area (Å²) in [6, 6.07) is 12.2. The number of nitrogens with one attached hydrogen (secondary N) is 1. The lowest BCUT2D eigenvalue weighted by molar-refractivity contribution is -0.750. The third-order valence-electron chi connectivity index (χ3n) is 7.01. The number of ether oxygens (including phenoxy) is 1. The molecule has 3 aliphatic heterocycles. The maximum absolute atomic E-state index is 13.2. The Bertz CT molecular complexity index is 1380.